The van der Waals surface area contributed by atoms with Crippen LogP contribution >= 0.6 is 22.6 Å². The molecule has 0 saturated carbocycles. The lowest BCUT2D eigenvalue weighted by Crippen LogP contribution is -2.69. The van der Waals surface area contributed by atoms with E-state index in [-0.39, 0.29) is 11.3 Å². The van der Waals surface area contributed by atoms with E-state index in [0.717, 1.165) is 12.6 Å². The van der Waals surface area contributed by atoms with Crippen LogP contribution in [0.25, 0.3) is 0 Å². The molecule has 1 aliphatic rings. The first-order valence-electron chi connectivity index (χ1n) is 9.61. The highest BCUT2D eigenvalue weighted by Gasteiger charge is 2.42. The minimum atomic E-state index is -1.24. The van der Waals surface area contributed by atoms with Crippen LogP contribution in [0.4, 0.5) is 24.5 Å². The summed E-state index contributed by atoms with van der Waals surface area (Å²) in [4.78, 5) is 14.4. The molecule has 9 heteroatoms. The Bertz CT molecular complexity index is 948. The summed E-state index contributed by atoms with van der Waals surface area (Å²) in [6.07, 6.45) is 0.686. The molecule has 162 valence electrons. The normalized spacial score (nSPS) is 15.3. The number of nitrogens with one attached hydrogen (secondary N) is 2. The molecule has 0 aliphatic carbocycles. The second kappa shape index (κ2) is 9.11. The third-order valence-corrected chi connectivity index (χ3v) is 5.66. The highest BCUT2D eigenvalue weighted by atomic mass is 127. The van der Waals surface area contributed by atoms with Gasteiger partial charge in [-0.1, -0.05) is 13.8 Å². The Balaban J connectivity index is 1.78. The maximum Gasteiger partial charge on any atom is 0.256 e. The predicted molar refractivity (Wildman–Crippen MR) is 119 cm³/mol. The smallest absolute Gasteiger partial charge is 0.256 e. The molecule has 0 atom stereocenters. The lowest BCUT2D eigenvalue weighted by atomic mass is 9.86. The van der Waals surface area contributed by atoms with Crippen molar-refractivity contribution < 1.29 is 18.0 Å². The van der Waals surface area contributed by atoms with E-state index in [1.807, 2.05) is 36.4 Å². The molecule has 1 saturated heterocycles. The quantitative estimate of drug-likeness (QED) is 0.472. The predicted octanol–water partition coefficient (Wildman–Crippen LogP) is 3.99. The molecule has 1 amide bonds. The Morgan fingerprint density at radius 3 is 2.53 bits per heavy atom. The molecule has 0 radical (unpaired) electrons. The summed E-state index contributed by atoms with van der Waals surface area (Å²) in [7, 11) is 0. The van der Waals surface area contributed by atoms with E-state index >= 15 is 0 Å². The van der Waals surface area contributed by atoms with Crippen LogP contribution in [-0.4, -0.2) is 42.0 Å². The number of hydrogen-bond acceptors (Lipinski definition) is 4. The van der Waals surface area contributed by atoms with E-state index in [1.54, 1.807) is 6.07 Å². The van der Waals surface area contributed by atoms with Gasteiger partial charge in [0.15, 0.2) is 11.6 Å². The monoisotopic (exact) mass is 532 g/mol. The molecule has 0 bridgehead atoms. The first kappa shape index (κ1) is 22.8. The van der Waals surface area contributed by atoms with Crippen LogP contribution in [0.2, 0.25) is 0 Å². The number of carbonyl (C=O) groups is 1. The lowest BCUT2D eigenvalue weighted by molar-refractivity contribution is 0.0388. The van der Waals surface area contributed by atoms with Crippen molar-refractivity contribution >= 4 is 39.9 Å². The number of nitrogens with two attached hydrogens (primary N) is 1. The van der Waals surface area contributed by atoms with Crippen molar-refractivity contribution in [1.29, 1.82) is 0 Å². The molecule has 2 aromatic carbocycles. The molecule has 0 spiro atoms. The molecule has 0 aromatic heterocycles. The Morgan fingerprint density at radius 1 is 1.20 bits per heavy atom. The molecule has 1 aliphatic heterocycles. The van der Waals surface area contributed by atoms with Gasteiger partial charge in [0.2, 0.25) is 0 Å². The van der Waals surface area contributed by atoms with Crippen molar-refractivity contribution in [1.82, 2.24) is 10.2 Å². The summed E-state index contributed by atoms with van der Waals surface area (Å²) in [5.41, 5.74) is 5.27. The van der Waals surface area contributed by atoms with Crippen LogP contribution in [-0.2, 0) is 0 Å². The van der Waals surface area contributed by atoms with Gasteiger partial charge in [0.25, 0.3) is 5.91 Å². The number of rotatable bonds is 7. The van der Waals surface area contributed by atoms with Gasteiger partial charge in [-0.15, -0.1) is 0 Å². The van der Waals surface area contributed by atoms with Crippen molar-refractivity contribution in [3.8, 4) is 0 Å². The molecular formula is C21H24F3IN4O. The summed E-state index contributed by atoms with van der Waals surface area (Å²) < 4.78 is 43.3. The average molecular weight is 532 g/mol. The fraction of sp³-hybridized carbons (Fsp3) is 0.381. The summed E-state index contributed by atoms with van der Waals surface area (Å²) in [5.74, 6) is -3.48. The van der Waals surface area contributed by atoms with Gasteiger partial charge >= 0.3 is 0 Å². The van der Waals surface area contributed by atoms with Gasteiger partial charge in [-0.05, 0) is 65.9 Å². The zero-order valence-electron chi connectivity index (χ0n) is 16.7. The third kappa shape index (κ3) is 5.06. The van der Waals surface area contributed by atoms with E-state index in [9.17, 15) is 18.0 Å². The fourth-order valence-corrected chi connectivity index (χ4v) is 3.83. The number of benzene rings is 2. The van der Waals surface area contributed by atoms with Gasteiger partial charge < -0.3 is 21.3 Å². The van der Waals surface area contributed by atoms with E-state index in [4.69, 9.17) is 5.73 Å². The highest BCUT2D eigenvalue weighted by Crippen LogP contribution is 2.31. The van der Waals surface area contributed by atoms with Crippen LogP contribution < -0.4 is 16.4 Å². The Labute approximate surface area is 187 Å². The number of halogens is 4. The number of anilines is 2. The van der Waals surface area contributed by atoms with Crippen LogP contribution in [0.5, 0.6) is 0 Å². The second-order valence-corrected chi connectivity index (χ2v) is 9.16. The third-order valence-electron chi connectivity index (χ3n) is 4.99. The molecule has 1 heterocycles. The maximum absolute atomic E-state index is 14.5. The van der Waals surface area contributed by atoms with Crippen LogP contribution in [0.15, 0.2) is 30.3 Å². The van der Waals surface area contributed by atoms with Gasteiger partial charge in [0.05, 0.1) is 22.5 Å². The standard InChI is InChI=1S/C21H24F3IN4O/c1-12(2)27-8-7-21(26)10-29(11-21)20(30)14-4-5-15(22)18(24)19(14)28-17-6-3-13(25)9-16(17)23/h3-6,9,12,27-28H,7-8,10-11,26H2,1-2H3. The summed E-state index contributed by atoms with van der Waals surface area (Å²) in [6.45, 7) is 5.41. The Morgan fingerprint density at radius 2 is 1.90 bits per heavy atom. The molecule has 5 nitrogen and oxygen atoms in total. The van der Waals surface area contributed by atoms with Gasteiger partial charge in [0, 0.05) is 22.7 Å². The number of likely N-dealkylation sites (tertiary alicyclic amines) is 1. The van der Waals surface area contributed by atoms with E-state index in [1.165, 1.54) is 23.1 Å². The lowest BCUT2D eigenvalue weighted by Gasteiger charge is -2.48. The van der Waals surface area contributed by atoms with Crippen molar-refractivity contribution in [2.75, 3.05) is 25.0 Å². The highest BCUT2D eigenvalue weighted by molar-refractivity contribution is 14.1. The molecule has 4 N–H and O–H groups in total. The largest absolute Gasteiger partial charge is 0.350 e. The van der Waals surface area contributed by atoms with E-state index in [0.29, 0.717) is 29.1 Å². The van der Waals surface area contributed by atoms with Gasteiger partial charge in [-0.25, -0.2) is 13.2 Å². The molecular weight excluding hydrogens is 508 g/mol. The topological polar surface area (TPSA) is 70.4 Å². The molecule has 1 fully saturated rings. The number of amides is 1. The van der Waals surface area contributed by atoms with Crippen molar-refractivity contribution in [3.63, 3.8) is 0 Å². The summed E-state index contributed by atoms with van der Waals surface area (Å²) in [5, 5.41) is 5.83. The minimum absolute atomic E-state index is 0.0505. The summed E-state index contributed by atoms with van der Waals surface area (Å²) in [6, 6.07) is 6.71. The van der Waals surface area contributed by atoms with Crippen molar-refractivity contribution in [2.45, 2.75) is 31.8 Å². The first-order valence-corrected chi connectivity index (χ1v) is 10.7. The number of hydrogen-bond donors (Lipinski definition) is 3. The zero-order chi connectivity index (χ0) is 22.1. The maximum atomic E-state index is 14.5. The van der Waals surface area contributed by atoms with Crippen molar-refractivity contribution in [3.05, 3.63) is 56.9 Å². The van der Waals surface area contributed by atoms with Crippen LogP contribution in [0, 0.1) is 21.0 Å². The zero-order valence-corrected chi connectivity index (χ0v) is 18.9. The van der Waals surface area contributed by atoms with Gasteiger partial charge in [-0.3, -0.25) is 4.79 Å². The van der Waals surface area contributed by atoms with E-state index in [2.05, 4.69) is 10.6 Å². The molecule has 30 heavy (non-hydrogen) atoms. The Kier molecular flexibility index (Phi) is 6.93. The molecule has 3 rings (SSSR count). The van der Waals surface area contributed by atoms with Crippen LogP contribution in [0.3, 0.4) is 0 Å². The second-order valence-electron chi connectivity index (χ2n) is 7.92. The number of carbonyl (C=O) groups excluding carboxylic acids is 1. The fourth-order valence-electron chi connectivity index (χ4n) is 3.37. The Hall–Kier alpha value is -1.85. The molecule has 0 unspecified atom stereocenters. The van der Waals surface area contributed by atoms with Crippen molar-refractivity contribution in [2.24, 2.45) is 5.73 Å². The summed E-state index contributed by atoms with van der Waals surface area (Å²) >= 11 is 1.94. The van der Waals surface area contributed by atoms with Crippen LogP contribution in [0.1, 0.15) is 30.6 Å². The average Bonchev–Trinajstić information content (AvgIpc) is 2.64. The molecule has 2 aromatic rings. The minimum Gasteiger partial charge on any atom is -0.350 e. The van der Waals surface area contributed by atoms with Gasteiger partial charge in [-0.2, -0.15) is 0 Å². The number of nitrogens with zero attached hydrogens (tertiary/aromatic N) is 1. The SMILES string of the molecule is CC(C)NCCC1(N)CN(C(=O)c2ccc(F)c(F)c2Nc2ccc(I)cc2F)C1. The van der Waals surface area contributed by atoms with Gasteiger partial charge in [0.1, 0.15) is 5.82 Å². The van der Waals surface area contributed by atoms with E-state index < -0.39 is 34.6 Å². The first-order chi connectivity index (χ1) is 14.1.